The lowest BCUT2D eigenvalue weighted by Gasteiger charge is -2.44. The van der Waals surface area contributed by atoms with Crippen LogP contribution in [0.2, 0.25) is 0 Å². The Balaban J connectivity index is 2.15. The predicted octanol–water partition coefficient (Wildman–Crippen LogP) is 2.76. The van der Waals surface area contributed by atoms with Crippen molar-refractivity contribution in [3.63, 3.8) is 0 Å². The van der Waals surface area contributed by atoms with Crippen LogP contribution in [0.4, 0.5) is 10.1 Å². The largest absolute Gasteiger partial charge is 0.462 e. The van der Waals surface area contributed by atoms with Crippen LogP contribution < -0.4 is 10.2 Å². The fourth-order valence-corrected chi connectivity index (χ4v) is 2.66. The maximum Gasteiger partial charge on any atom is 0.157 e. The van der Waals surface area contributed by atoms with Gasteiger partial charge in [-0.05, 0) is 26.0 Å². The van der Waals surface area contributed by atoms with Gasteiger partial charge in [0.2, 0.25) is 0 Å². The molecule has 1 N–H and O–H groups in total. The molecule has 0 amide bonds. The lowest BCUT2D eigenvalue weighted by Crippen LogP contribution is -2.58. The number of halogens is 1. The van der Waals surface area contributed by atoms with Crippen LogP contribution in [-0.2, 0) is 0 Å². The van der Waals surface area contributed by atoms with Crippen LogP contribution in [0.3, 0.4) is 0 Å². The summed E-state index contributed by atoms with van der Waals surface area (Å²) in [5.74, 6) is -0.215. The van der Waals surface area contributed by atoms with E-state index in [0.717, 1.165) is 36.3 Å². The van der Waals surface area contributed by atoms with Gasteiger partial charge in [0.25, 0.3) is 0 Å². The quantitative estimate of drug-likeness (QED) is 0.841. The first-order valence-electron chi connectivity index (χ1n) is 6.23. The van der Waals surface area contributed by atoms with E-state index in [9.17, 15) is 4.39 Å². The second-order valence-electron chi connectivity index (χ2n) is 5.40. The molecule has 96 valence electrons. The summed E-state index contributed by atoms with van der Waals surface area (Å²) in [5, 5.41) is 4.18. The summed E-state index contributed by atoms with van der Waals surface area (Å²) < 4.78 is 19.2. The number of anilines is 1. The average molecular weight is 248 g/mol. The first kappa shape index (κ1) is 11.5. The molecule has 2 aromatic rings. The summed E-state index contributed by atoms with van der Waals surface area (Å²) in [6, 6.07) is 4.88. The van der Waals surface area contributed by atoms with Crippen molar-refractivity contribution in [1.82, 2.24) is 5.32 Å². The van der Waals surface area contributed by atoms with E-state index in [1.54, 1.807) is 18.4 Å². The van der Waals surface area contributed by atoms with E-state index in [2.05, 4.69) is 24.1 Å². The highest BCUT2D eigenvalue weighted by atomic mass is 19.1. The van der Waals surface area contributed by atoms with Crippen LogP contribution in [0.25, 0.3) is 11.0 Å². The van der Waals surface area contributed by atoms with Crippen LogP contribution in [0.1, 0.15) is 13.8 Å². The van der Waals surface area contributed by atoms with Crippen LogP contribution in [-0.4, -0.2) is 25.2 Å². The van der Waals surface area contributed by atoms with Gasteiger partial charge in [0.05, 0.1) is 12.0 Å². The van der Waals surface area contributed by atoms with Gasteiger partial charge >= 0.3 is 0 Å². The molecule has 2 heterocycles. The van der Waals surface area contributed by atoms with E-state index in [1.165, 1.54) is 6.07 Å². The van der Waals surface area contributed by atoms with Crippen LogP contribution >= 0.6 is 0 Å². The minimum atomic E-state index is -0.215. The molecule has 1 fully saturated rings. The predicted molar refractivity (Wildman–Crippen MR) is 70.5 cm³/mol. The summed E-state index contributed by atoms with van der Waals surface area (Å²) in [4.78, 5) is 2.22. The van der Waals surface area contributed by atoms with Crippen molar-refractivity contribution in [2.24, 2.45) is 0 Å². The molecule has 1 saturated heterocycles. The number of hydrogen-bond acceptors (Lipinski definition) is 3. The first-order chi connectivity index (χ1) is 8.58. The molecule has 0 saturated carbocycles. The second kappa shape index (κ2) is 3.99. The Morgan fingerprint density at radius 3 is 3.00 bits per heavy atom. The molecule has 18 heavy (non-hydrogen) atoms. The van der Waals surface area contributed by atoms with Crippen LogP contribution in [0, 0.1) is 5.82 Å². The molecule has 1 aromatic heterocycles. The van der Waals surface area contributed by atoms with Crippen LogP contribution in [0.15, 0.2) is 28.9 Å². The maximum atomic E-state index is 13.7. The normalized spacial score (nSPS) is 19.4. The molecule has 0 atom stereocenters. The summed E-state index contributed by atoms with van der Waals surface area (Å²) in [6.45, 7) is 6.94. The van der Waals surface area contributed by atoms with Crippen molar-refractivity contribution in [3.8, 4) is 0 Å². The number of furan rings is 1. The zero-order valence-electron chi connectivity index (χ0n) is 10.7. The summed E-state index contributed by atoms with van der Waals surface area (Å²) in [5.41, 5.74) is 1.57. The van der Waals surface area contributed by atoms with Crippen molar-refractivity contribution in [3.05, 3.63) is 30.3 Å². The van der Waals surface area contributed by atoms with Gasteiger partial charge in [0.15, 0.2) is 5.58 Å². The van der Waals surface area contributed by atoms with Gasteiger partial charge in [0.1, 0.15) is 5.82 Å². The number of rotatable bonds is 1. The summed E-state index contributed by atoms with van der Waals surface area (Å²) >= 11 is 0. The Morgan fingerprint density at radius 2 is 2.22 bits per heavy atom. The van der Waals surface area contributed by atoms with Gasteiger partial charge in [-0.1, -0.05) is 0 Å². The zero-order chi connectivity index (χ0) is 12.8. The maximum absolute atomic E-state index is 13.7. The van der Waals surface area contributed by atoms with Crippen molar-refractivity contribution in [1.29, 1.82) is 0 Å². The lowest BCUT2D eigenvalue weighted by molar-refractivity contribution is 0.379. The molecule has 1 aliphatic rings. The minimum Gasteiger partial charge on any atom is -0.462 e. The Kier molecular flexibility index (Phi) is 2.55. The molecular weight excluding hydrogens is 231 g/mol. The smallest absolute Gasteiger partial charge is 0.157 e. The molecule has 3 rings (SSSR count). The van der Waals surface area contributed by atoms with Gasteiger partial charge < -0.3 is 14.6 Å². The molecule has 0 radical (unpaired) electrons. The van der Waals surface area contributed by atoms with Gasteiger partial charge in [-0.15, -0.1) is 0 Å². The van der Waals surface area contributed by atoms with Crippen LogP contribution in [0.5, 0.6) is 0 Å². The zero-order valence-corrected chi connectivity index (χ0v) is 10.7. The minimum absolute atomic E-state index is 0.0498. The lowest BCUT2D eigenvalue weighted by atomic mass is 9.98. The highest BCUT2D eigenvalue weighted by molar-refractivity contribution is 5.90. The Hall–Kier alpha value is -1.55. The van der Waals surface area contributed by atoms with Crippen molar-refractivity contribution >= 4 is 16.7 Å². The third-order valence-corrected chi connectivity index (χ3v) is 3.59. The second-order valence-corrected chi connectivity index (χ2v) is 5.40. The highest BCUT2D eigenvalue weighted by Crippen LogP contribution is 2.33. The number of hydrogen-bond donors (Lipinski definition) is 1. The van der Waals surface area contributed by atoms with E-state index in [4.69, 9.17) is 4.42 Å². The summed E-state index contributed by atoms with van der Waals surface area (Å²) in [6.07, 6.45) is 1.61. The van der Waals surface area contributed by atoms with E-state index in [0.29, 0.717) is 0 Å². The fourth-order valence-electron chi connectivity index (χ4n) is 2.66. The van der Waals surface area contributed by atoms with Crippen molar-refractivity contribution in [2.45, 2.75) is 19.4 Å². The van der Waals surface area contributed by atoms with E-state index in [-0.39, 0.29) is 11.4 Å². The average Bonchev–Trinajstić information content (AvgIpc) is 2.75. The van der Waals surface area contributed by atoms with Gasteiger partial charge in [-0.2, -0.15) is 0 Å². The topological polar surface area (TPSA) is 28.4 Å². The molecule has 0 aliphatic carbocycles. The Labute approximate surface area is 106 Å². The standard InChI is InChI=1S/C14H17FN2O/c1-14(2)9-16-4-5-17(14)12-8-11(15)7-10-3-6-18-13(10)12/h3,6-8,16H,4-5,9H2,1-2H3. The number of nitrogens with zero attached hydrogens (tertiary/aromatic N) is 1. The molecule has 4 heteroatoms. The van der Waals surface area contributed by atoms with Crippen molar-refractivity contribution in [2.75, 3.05) is 24.5 Å². The molecule has 0 unspecified atom stereocenters. The highest BCUT2D eigenvalue weighted by Gasteiger charge is 2.31. The van der Waals surface area contributed by atoms with Gasteiger partial charge in [-0.25, -0.2) is 4.39 Å². The summed E-state index contributed by atoms with van der Waals surface area (Å²) in [7, 11) is 0. The third-order valence-electron chi connectivity index (χ3n) is 3.59. The molecule has 0 bridgehead atoms. The van der Waals surface area contributed by atoms with Gasteiger partial charge in [-0.3, -0.25) is 0 Å². The monoisotopic (exact) mass is 248 g/mol. The molecule has 1 aliphatic heterocycles. The number of benzene rings is 1. The Bertz CT molecular complexity index is 576. The Morgan fingerprint density at radius 1 is 1.39 bits per heavy atom. The molecular formula is C14H17FN2O. The molecule has 3 nitrogen and oxygen atoms in total. The third kappa shape index (κ3) is 1.77. The van der Waals surface area contributed by atoms with Crippen molar-refractivity contribution < 1.29 is 8.81 Å². The first-order valence-corrected chi connectivity index (χ1v) is 6.23. The number of nitrogens with one attached hydrogen (secondary N) is 1. The van der Waals surface area contributed by atoms with Gasteiger partial charge in [0, 0.05) is 36.6 Å². The van der Waals surface area contributed by atoms with E-state index in [1.807, 2.05) is 0 Å². The SMILES string of the molecule is CC1(C)CNCCN1c1cc(F)cc2ccoc12. The molecule has 1 aromatic carbocycles. The fraction of sp³-hybridized carbons (Fsp3) is 0.429. The number of fused-ring (bicyclic) bond motifs is 1. The number of piperazine rings is 1. The van der Waals surface area contributed by atoms with E-state index >= 15 is 0 Å². The van der Waals surface area contributed by atoms with E-state index < -0.39 is 0 Å². The molecule has 0 spiro atoms.